The highest BCUT2D eigenvalue weighted by atomic mass is 79.9. The summed E-state index contributed by atoms with van der Waals surface area (Å²) in [5.41, 5.74) is -0.0120. The van der Waals surface area contributed by atoms with Crippen LogP contribution >= 0.6 is 28.6 Å². The maximum atomic E-state index is 11.8. The van der Waals surface area contributed by atoms with E-state index in [1.54, 1.807) is 12.2 Å². The Bertz CT molecular complexity index is 525. The van der Waals surface area contributed by atoms with Crippen molar-refractivity contribution in [2.75, 3.05) is 5.75 Å². The summed E-state index contributed by atoms with van der Waals surface area (Å²) in [6, 6.07) is 0. The maximum Gasteiger partial charge on any atom is 0.289 e. The third kappa shape index (κ3) is 3.19. The van der Waals surface area contributed by atoms with Crippen LogP contribution < -0.4 is 5.56 Å². The third-order valence-electron chi connectivity index (χ3n) is 2.21. The molecule has 0 spiro atoms. The molecule has 0 aliphatic carbocycles. The van der Waals surface area contributed by atoms with Crippen LogP contribution in [0.25, 0.3) is 0 Å². The number of nitro groups is 1. The van der Waals surface area contributed by atoms with Gasteiger partial charge in [0.1, 0.15) is 0 Å². The third-order valence-corrected chi connectivity index (χ3v) is 3.36. The van der Waals surface area contributed by atoms with Crippen molar-refractivity contribution in [3.63, 3.8) is 0 Å². The molecule has 7 heteroatoms. The lowest BCUT2D eigenvalue weighted by Crippen LogP contribution is -2.21. The van der Waals surface area contributed by atoms with E-state index in [0.717, 1.165) is 0 Å². The van der Waals surface area contributed by atoms with Gasteiger partial charge in [0, 0.05) is 17.9 Å². The molecule has 92 valence electrons. The van der Waals surface area contributed by atoms with E-state index in [-0.39, 0.29) is 15.7 Å². The summed E-state index contributed by atoms with van der Waals surface area (Å²) in [4.78, 5) is 22.1. The lowest BCUT2D eigenvalue weighted by molar-refractivity contribution is -0.386. The fourth-order valence-corrected chi connectivity index (χ4v) is 1.86. The summed E-state index contributed by atoms with van der Waals surface area (Å²) in [6.45, 7) is 1.83. The van der Waals surface area contributed by atoms with E-state index in [2.05, 4.69) is 28.6 Å². The first kappa shape index (κ1) is 14.0. The second-order valence-corrected chi connectivity index (χ2v) is 4.48. The number of halogens is 1. The van der Waals surface area contributed by atoms with Crippen LogP contribution in [0.5, 0.6) is 0 Å². The number of hydrogen-bond acceptors (Lipinski definition) is 4. The van der Waals surface area contributed by atoms with E-state index in [1.807, 2.05) is 0 Å². The molecule has 0 saturated heterocycles. The zero-order chi connectivity index (χ0) is 13.0. The molecule has 0 fully saturated rings. The first-order valence-corrected chi connectivity index (χ1v) is 6.21. The van der Waals surface area contributed by atoms with E-state index < -0.39 is 4.92 Å². The van der Waals surface area contributed by atoms with Gasteiger partial charge in [-0.05, 0) is 22.9 Å². The fourth-order valence-electron chi connectivity index (χ4n) is 1.28. The normalized spacial score (nSPS) is 11.0. The summed E-state index contributed by atoms with van der Waals surface area (Å²) in [5, 5.41) is 10.8. The van der Waals surface area contributed by atoms with Crippen LogP contribution in [-0.2, 0) is 6.54 Å². The van der Waals surface area contributed by atoms with Crippen LogP contribution in [0.15, 0.2) is 27.6 Å². The summed E-state index contributed by atoms with van der Waals surface area (Å²) >= 11 is 7.07. The lowest BCUT2D eigenvalue weighted by atomic mass is 10.2. The smallest absolute Gasteiger partial charge is 0.289 e. The highest BCUT2D eigenvalue weighted by molar-refractivity contribution is 9.10. The minimum Gasteiger partial charge on any atom is -0.304 e. The minimum atomic E-state index is -0.502. The molecule has 0 N–H and O–H groups in total. The topological polar surface area (TPSA) is 65.1 Å². The first-order chi connectivity index (χ1) is 7.99. The average molecular weight is 319 g/mol. The van der Waals surface area contributed by atoms with Gasteiger partial charge < -0.3 is 4.57 Å². The Labute approximate surface area is 112 Å². The quantitative estimate of drug-likeness (QED) is 0.401. The number of aromatic nitrogens is 1. The van der Waals surface area contributed by atoms with Gasteiger partial charge in [-0.3, -0.25) is 14.9 Å². The predicted octanol–water partition coefficient (Wildman–Crippen LogP) is 2.31. The molecule has 1 heterocycles. The molecular weight excluding hydrogens is 308 g/mol. The summed E-state index contributed by atoms with van der Waals surface area (Å²) in [6.07, 6.45) is 4.76. The van der Waals surface area contributed by atoms with Gasteiger partial charge in [0.2, 0.25) is 0 Å². The van der Waals surface area contributed by atoms with Crippen molar-refractivity contribution >= 4 is 34.2 Å². The Morgan fingerprint density at radius 1 is 1.59 bits per heavy atom. The first-order valence-electron chi connectivity index (χ1n) is 4.78. The zero-order valence-corrected chi connectivity index (χ0v) is 11.6. The lowest BCUT2D eigenvalue weighted by Gasteiger charge is -2.06. The van der Waals surface area contributed by atoms with Crippen LogP contribution in [0.3, 0.4) is 0 Å². The van der Waals surface area contributed by atoms with Crippen molar-refractivity contribution in [2.24, 2.45) is 0 Å². The van der Waals surface area contributed by atoms with Gasteiger partial charge in [-0.1, -0.05) is 12.2 Å². The SMILES string of the molecule is Cc1c([N+](=O)[O-])cn(C/C=C/CS)c(=O)c1Br. The number of nitrogens with zero attached hydrogens (tertiary/aromatic N) is 2. The summed E-state index contributed by atoms with van der Waals surface area (Å²) in [5.74, 6) is 0.559. The molecule has 17 heavy (non-hydrogen) atoms. The minimum absolute atomic E-state index is 0.0734. The van der Waals surface area contributed by atoms with Crippen LogP contribution in [0.4, 0.5) is 5.69 Å². The molecule has 1 aromatic rings. The molecule has 0 aliphatic rings. The Kier molecular flexibility index (Phi) is 4.95. The molecule has 0 saturated carbocycles. The molecule has 0 amide bonds. The van der Waals surface area contributed by atoms with Gasteiger partial charge in [0.25, 0.3) is 11.2 Å². The second kappa shape index (κ2) is 6.02. The number of pyridine rings is 1. The number of hydrogen-bond donors (Lipinski definition) is 1. The van der Waals surface area contributed by atoms with E-state index in [1.165, 1.54) is 17.7 Å². The summed E-state index contributed by atoms with van der Waals surface area (Å²) < 4.78 is 1.51. The Morgan fingerprint density at radius 3 is 2.76 bits per heavy atom. The van der Waals surface area contributed by atoms with Crippen LogP contribution in [0.2, 0.25) is 0 Å². The Hall–Kier alpha value is -1.08. The number of thiol groups is 1. The van der Waals surface area contributed by atoms with Gasteiger partial charge in [-0.2, -0.15) is 12.6 Å². The largest absolute Gasteiger partial charge is 0.304 e. The van der Waals surface area contributed by atoms with E-state index in [0.29, 0.717) is 17.9 Å². The Morgan fingerprint density at radius 2 is 2.24 bits per heavy atom. The molecular formula is C10H11BrN2O3S. The molecule has 0 aromatic carbocycles. The fraction of sp³-hybridized carbons (Fsp3) is 0.300. The average Bonchev–Trinajstić information content (AvgIpc) is 2.29. The molecule has 0 radical (unpaired) electrons. The molecule has 5 nitrogen and oxygen atoms in total. The zero-order valence-electron chi connectivity index (χ0n) is 9.09. The number of rotatable bonds is 4. The summed E-state index contributed by atoms with van der Waals surface area (Å²) in [7, 11) is 0. The molecule has 0 atom stereocenters. The van der Waals surface area contributed by atoms with E-state index >= 15 is 0 Å². The van der Waals surface area contributed by atoms with Crippen molar-refractivity contribution in [1.29, 1.82) is 0 Å². The van der Waals surface area contributed by atoms with Gasteiger partial charge in [0.15, 0.2) is 0 Å². The van der Waals surface area contributed by atoms with Crippen molar-refractivity contribution in [3.8, 4) is 0 Å². The van der Waals surface area contributed by atoms with Gasteiger partial charge in [-0.25, -0.2) is 0 Å². The van der Waals surface area contributed by atoms with Crippen molar-refractivity contribution < 1.29 is 4.92 Å². The molecule has 1 aromatic heterocycles. The maximum absolute atomic E-state index is 11.8. The van der Waals surface area contributed by atoms with Crippen LogP contribution in [0, 0.1) is 17.0 Å². The molecule has 0 unspecified atom stereocenters. The molecule has 0 bridgehead atoms. The highest BCUT2D eigenvalue weighted by Crippen LogP contribution is 2.22. The second-order valence-electron chi connectivity index (χ2n) is 3.32. The van der Waals surface area contributed by atoms with Gasteiger partial charge >= 0.3 is 0 Å². The molecule has 0 aliphatic heterocycles. The highest BCUT2D eigenvalue weighted by Gasteiger charge is 2.17. The van der Waals surface area contributed by atoms with Gasteiger partial charge in [0.05, 0.1) is 15.6 Å². The standard InChI is InChI=1S/C10H11BrN2O3S/c1-7-8(13(15)16)6-12(4-2-3-5-17)10(14)9(7)11/h2-3,6,17H,4-5H2,1H3/b3-2+. The van der Waals surface area contributed by atoms with Crippen molar-refractivity contribution in [1.82, 2.24) is 4.57 Å². The Balaban J connectivity index is 3.27. The van der Waals surface area contributed by atoms with Crippen LogP contribution in [-0.4, -0.2) is 15.2 Å². The van der Waals surface area contributed by atoms with Crippen LogP contribution in [0.1, 0.15) is 5.56 Å². The van der Waals surface area contributed by atoms with E-state index in [4.69, 9.17) is 0 Å². The van der Waals surface area contributed by atoms with Crippen molar-refractivity contribution in [3.05, 3.63) is 48.9 Å². The monoisotopic (exact) mass is 318 g/mol. The van der Waals surface area contributed by atoms with E-state index in [9.17, 15) is 14.9 Å². The predicted molar refractivity (Wildman–Crippen MR) is 72.8 cm³/mol. The molecule has 1 rings (SSSR count). The number of allylic oxidation sites excluding steroid dienone is 1. The van der Waals surface area contributed by atoms with Gasteiger partial charge in [-0.15, -0.1) is 0 Å². The van der Waals surface area contributed by atoms with Crippen molar-refractivity contribution in [2.45, 2.75) is 13.5 Å².